The Hall–Kier alpha value is -3.06. The van der Waals surface area contributed by atoms with E-state index in [9.17, 15) is 9.90 Å². The number of ether oxygens (including phenoxy) is 2. The number of phenols is 1. The smallest absolute Gasteiger partial charge is 0.257 e. The second kappa shape index (κ2) is 7.01. The van der Waals surface area contributed by atoms with Gasteiger partial charge in [0.15, 0.2) is 11.5 Å². The van der Waals surface area contributed by atoms with E-state index in [0.29, 0.717) is 17.9 Å². The maximum atomic E-state index is 11.9. The summed E-state index contributed by atoms with van der Waals surface area (Å²) in [5.74, 6) is 1.12. The summed E-state index contributed by atoms with van der Waals surface area (Å²) in [6.07, 6.45) is 1.86. The number of hydrogen-bond donors (Lipinski definition) is 3. The average molecular weight is 327 g/mol. The van der Waals surface area contributed by atoms with Crippen molar-refractivity contribution in [3.05, 3.63) is 53.6 Å². The van der Waals surface area contributed by atoms with Crippen molar-refractivity contribution >= 4 is 12.1 Å². The number of nitrogens with one attached hydrogen (secondary N) is 1. The van der Waals surface area contributed by atoms with Crippen LogP contribution in [0, 0.1) is 0 Å². The van der Waals surface area contributed by atoms with Crippen LogP contribution in [0.5, 0.6) is 17.2 Å². The summed E-state index contributed by atoms with van der Waals surface area (Å²) >= 11 is 0. The molecule has 4 N–H and O–H groups in total. The van der Waals surface area contributed by atoms with Gasteiger partial charge in [-0.25, -0.2) is 5.43 Å². The number of benzene rings is 2. The highest BCUT2D eigenvalue weighted by Gasteiger charge is 2.14. The van der Waals surface area contributed by atoms with Gasteiger partial charge in [-0.2, -0.15) is 5.10 Å². The fourth-order valence-corrected chi connectivity index (χ4v) is 2.23. The Balaban J connectivity index is 1.53. The third-order valence-electron chi connectivity index (χ3n) is 3.51. The number of amides is 1. The minimum atomic E-state index is -0.733. The Kier molecular flexibility index (Phi) is 4.62. The van der Waals surface area contributed by atoms with E-state index in [2.05, 4.69) is 10.5 Å². The largest absolute Gasteiger partial charge is 0.508 e. The lowest BCUT2D eigenvalue weighted by Crippen LogP contribution is -2.39. The van der Waals surface area contributed by atoms with Gasteiger partial charge in [0.05, 0.1) is 12.3 Å². The standard InChI is InChI=1S/C17H17N3O4/c18-14(7-11-1-4-13(21)5-2-11)17(22)20-19-9-12-3-6-15-16(8-12)24-10-23-15/h1-6,8-9,14,21H,7,10,18H2,(H,20,22)/b19-9-/t14-/m0/s1. The van der Waals surface area contributed by atoms with Gasteiger partial charge in [-0.3, -0.25) is 4.79 Å². The minimum Gasteiger partial charge on any atom is -0.508 e. The molecule has 0 aliphatic carbocycles. The van der Waals surface area contributed by atoms with Crippen LogP contribution in [0.15, 0.2) is 47.6 Å². The summed E-state index contributed by atoms with van der Waals surface area (Å²) in [6.45, 7) is 0.207. The van der Waals surface area contributed by atoms with E-state index in [4.69, 9.17) is 15.2 Å². The molecule has 7 heteroatoms. The molecule has 0 spiro atoms. The van der Waals surface area contributed by atoms with Crippen LogP contribution in [0.1, 0.15) is 11.1 Å². The average Bonchev–Trinajstić information content (AvgIpc) is 3.04. The summed E-state index contributed by atoms with van der Waals surface area (Å²) in [4.78, 5) is 11.9. The van der Waals surface area contributed by atoms with Crippen LogP contribution in [-0.4, -0.2) is 30.1 Å². The first-order chi connectivity index (χ1) is 11.6. The fourth-order valence-electron chi connectivity index (χ4n) is 2.23. The van der Waals surface area contributed by atoms with E-state index < -0.39 is 6.04 Å². The predicted octanol–water partition coefficient (Wildman–Crippen LogP) is 1.14. The zero-order valence-electron chi connectivity index (χ0n) is 12.8. The van der Waals surface area contributed by atoms with Gasteiger partial charge in [0.2, 0.25) is 6.79 Å². The molecule has 2 aromatic rings. The predicted molar refractivity (Wildman–Crippen MR) is 88.1 cm³/mol. The molecule has 0 fully saturated rings. The number of fused-ring (bicyclic) bond motifs is 1. The molecule has 0 unspecified atom stereocenters. The number of carbonyl (C=O) groups is 1. The second-order valence-electron chi connectivity index (χ2n) is 5.32. The number of nitrogens with zero attached hydrogens (tertiary/aromatic N) is 1. The van der Waals surface area contributed by atoms with Gasteiger partial charge in [0.1, 0.15) is 5.75 Å². The van der Waals surface area contributed by atoms with E-state index in [1.165, 1.54) is 6.21 Å². The van der Waals surface area contributed by atoms with Crippen molar-refractivity contribution in [1.82, 2.24) is 5.43 Å². The molecule has 7 nitrogen and oxygen atoms in total. The SMILES string of the molecule is N[C@@H](Cc1ccc(O)cc1)C(=O)N/N=C\c1ccc2c(c1)OCO2. The Morgan fingerprint density at radius 3 is 2.79 bits per heavy atom. The summed E-state index contributed by atoms with van der Waals surface area (Å²) in [7, 11) is 0. The first-order valence-corrected chi connectivity index (χ1v) is 7.38. The molecule has 1 heterocycles. The van der Waals surface area contributed by atoms with E-state index in [0.717, 1.165) is 11.1 Å². The molecular formula is C17H17N3O4. The van der Waals surface area contributed by atoms with Crippen LogP contribution in [-0.2, 0) is 11.2 Å². The number of hydrogen-bond acceptors (Lipinski definition) is 6. The minimum absolute atomic E-state index is 0.171. The normalized spacial score (nSPS) is 13.9. The van der Waals surface area contributed by atoms with Crippen molar-refractivity contribution in [1.29, 1.82) is 0 Å². The molecule has 0 bridgehead atoms. The Bertz CT molecular complexity index is 759. The van der Waals surface area contributed by atoms with E-state index >= 15 is 0 Å². The van der Waals surface area contributed by atoms with Crippen LogP contribution in [0.25, 0.3) is 0 Å². The monoisotopic (exact) mass is 327 g/mol. The highest BCUT2D eigenvalue weighted by Crippen LogP contribution is 2.31. The molecule has 124 valence electrons. The topological polar surface area (TPSA) is 106 Å². The summed E-state index contributed by atoms with van der Waals surface area (Å²) < 4.78 is 10.5. The molecule has 2 aromatic carbocycles. The number of carbonyl (C=O) groups excluding carboxylic acids is 1. The van der Waals surface area contributed by atoms with Gasteiger partial charge < -0.3 is 20.3 Å². The molecule has 1 atom stereocenters. The van der Waals surface area contributed by atoms with Gasteiger partial charge in [0, 0.05) is 0 Å². The summed E-state index contributed by atoms with van der Waals surface area (Å²) in [6, 6.07) is 11.2. The van der Waals surface area contributed by atoms with Crippen molar-refractivity contribution in [2.75, 3.05) is 6.79 Å². The zero-order chi connectivity index (χ0) is 16.9. The number of hydrazone groups is 1. The lowest BCUT2D eigenvalue weighted by atomic mass is 10.1. The van der Waals surface area contributed by atoms with E-state index in [1.807, 2.05) is 0 Å². The van der Waals surface area contributed by atoms with Gasteiger partial charge in [-0.05, 0) is 47.9 Å². The quantitative estimate of drug-likeness (QED) is 0.564. The second-order valence-corrected chi connectivity index (χ2v) is 5.32. The maximum absolute atomic E-state index is 11.9. The third kappa shape index (κ3) is 3.82. The van der Waals surface area contributed by atoms with Crippen molar-refractivity contribution in [3.63, 3.8) is 0 Å². The molecule has 1 amide bonds. The maximum Gasteiger partial charge on any atom is 0.257 e. The summed E-state index contributed by atoms with van der Waals surface area (Å²) in [5, 5.41) is 13.1. The molecule has 24 heavy (non-hydrogen) atoms. The Labute approximate surface area is 138 Å². The number of nitrogens with two attached hydrogens (primary N) is 1. The van der Waals surface area contributed by atoms with E-state index in [1.54, 1.807) is 42.5 Å². The first-order valence-electron chi connectivity index (χ1n) is 7.38. The lowest BCUT2D eigenvalue weighted by Gasteiger charge is -2.09. The van der Waals surface area contributed by atoms with E-state index in [-0.39, 0.29) is 18.4 Å². The van der Waals surface area contributed by atoms with Gasteiger partial charge >= 0.3 is 0 Å². The molecule has 0 radical (unpaired) electrons. The Morgan fingerprint density at radius 2 is 2.00 bits per heavy atom. The van der Waals surface area contributed by atoms with Gasteiger partial charge in [-0.15, -0.1) is 0 Å². The van der Waals surface area contributed by atoms with Crippen LogP contribution < -0.4 is 20.6 Å². The van der Waals surface area contributed by atoms with Crippen molar-refractivity contribution in [2.24, 2.45) is 10.8 Å². The number of aromatic hydroxyl groups is 1. The van der Waals surface area contributed by atoms with Gasteiger partial charge in [0.25, 0.3) is 5.91 Å². The van der Waals surface area contributed by atoms with Crippen LogP contribution >= 0.6 is 0 Å². The number of rotatable bonds is 5. The highest BCUT2D eigenvalue weighted by molar-refractivity contribution is 5.85. The molecular weight excluding hydrogens is 310 g/mol. The highest BCUT2D eigenvalue weighted by atomic mass is 16.7. The third-order valence-corrected chi connectivity index (χ3v) is 3.51. The van der Waals surface area contributed by atoms with Crippen molar-refractivity contribution in [2.45, 2.75) is 12.5 Å². The number of phenolic OH excluding ortho intramolecular Hbond substituents is 1. The zero-order valence-corrected chi connectivity index (χ0v) is 12.8. The molecule has 1 aliphatic rings. The van der Waals surface area contributed by atoms with Crippen molar-refractivity contribution in [3.8, 4) is 17.2 Å². The summed E-state index contributed by atoms with van der Waals surface area (Å²) in [5.41, 5.74) is 9.90. The molecule has 0 saturated carbocycles. The first kappa shape index (κ1) is 15.8. The van der Waals surface area contributed by atoms with Gasteiger partial charge in [-0.1, -0.05) is 12.1 Å². The van der Waals surface area contributed by atoms with Crippen LogP contribution in [0.3, 0.4) is 0 Å². The Morgan fingerprint density at radius 1 is 1.25 bits per heavy atom. The van der Waals surface area contributed by atoms with Crippen LogP contribution in [0.2, 0.25) is 0 Å². The molecule has 0 aromatic heterocycles. The molecule has 1 aliphatic heterocycles. The molecule has 3 rings (SSSR count). The lowest BCUT2D eigenvalue weighted by molar-refractivity contribution is -0.122. The van der Waals surface area contributed by atoms with Crippen LogP contribution in [0.4, 0.5) is 0 Å². The van der Waals surface area contributed by atoms with Crippen molar-refractivity contribution < 1.29 is 19.4 Å². The molecule has 0 saturated heterocycles. The fraction of sp³-hybridized carbons (Fsp3) is 0.176.